The van der Waals surface area contributed by atoms with Crippen LogP contribution < -0.4 is 9.64 Å². The molecule has 3 aliphatic heterocycles. The molecule has 2 saturated heterocycles. The Morgan fingerprint density at radius 1 is 1.16 bits per heavy atom. The summed E-state index contributed by atoms with van der Waals surface area (Å²) in [6.07, 6.45) is 6.18. The van der Waals surface area contributed by atoms with Crippen LogP contribution in [0.1, 0.15) is 36.8 Å². The molecule has 226 valence electrons. The van der Waals surface area contributed by atoms with E-state index in [1.165, 1.54) is 28.5 Å². The first-order chi connectivity index (χ1) is 21.5. The third-order valence-corrected chi connectivity index (χ3v) is 10.5. The van der Waals surface area contributed by atoms with Crippen LogP contribution in [-0.4, -0.2) is 78.4 Å². The number of ether oxygens (including phenoxy) is 1. The van der Waals surface area contributed by atoms with Gasteiger partial charge < -0.3 is 19.4 Å². The van der Waals surface area contributed by atoms with E-state index in [1.54, 1.807) is 4.90 Å². The molecule has 6 rings (SSSR count). The van der Waals surface area contributed by atoms with Gasteiger partial charge in [-0.05, 0) is 73.9 Å². The fraction of sp³-hybridized carbons (Fsp3) is 0.429. The molecule has 4 heterocycles. The minimum Gasteiger partial charge on any atom is -0.476 e. The minimum atomic E-state index is -0.291. The van der Waals surface area contributed by atoms with Crippen molar-refractivity contribution in [2.75, 3.05) is 50.5 Å². The van der Waals surface area contributed by atoms with Crippen LogP contribution in [0.4, 0.5) is 5.69 Å². The summed E-state index contributed by atoms with van der Waals surface area (Å²) in [4.78, 5) is 25.4. The number of aromatic nitrogens is 1. The maximum absolute atomic E-state index is 12.6. The Kier molecular flexibility index (Phi) is 9.07. The Morgan fingerprint density at radius 2 is 2.05 bits per heavy atom. The van der Waals surface area contributed by atoms with Crippen LogP contribution in [0.5, 0.6) is 5.88 Å². The van der Waals surface area contributed by atoms with Crippen molar-refractivity contribution in [3.05, 3.63) is 60.2 Å². The van der Waals surface area contributed by atoms with Gasteiger partial charge in [0.1, 0.15) is 6.61 Å². The second kappa shape index (κ2) is 13.3. The molecule has 3 aliphatic rings. The van der Waals surface area contributed by atoms with Gasteiger partial charge in [-0.2, -0.15) is 10.5 Å². The van der Waals surface area contributed by atoms with Crippen molar-refractivity contribution in [2.24, 2.45) is 0 Å². The molecule has 8 nitrogen and oxygen atoms in total. The third-order valence-electron chi connectivity index (χ3n) is 9.19. The molecule has 0 aliphatic carbocycles. The number of anilines is 1. The van der Waals surface area contributed by atoms with Gasteiger partial charge in [-0.3, -0.25) is 4.79 Å². The summed E-state index contributed by atoms with van der Waals surface area (Å²) in [5.74, 6) is 1.45. The van der Waals surface area contributed by atoms with Crippen LogP contribution >= 0.6 is 11.8 Å². The van der Waals surface area contributed by atoms with Crippen LogP contribution in [0.2, 0.25) is 0 Å². The highest BCUT2D eigenvalue weighted by Gasteiger charge is 2.33. The van der Waals surface area contributed by atoms with Gasteiger partial charge in [0.25, 0.3) is 0 Å². The molecule has 2 fully saturated rings. The highest BCUT2D eigenvalue weighted by atomic mass is 32.2. The molecule has 0 radical (unpaired) electrons. The van der Waals surface area contributed by atoms with Crippen molar-refractivity contribution in [2.45, 2.75) is 55.5 Å². The number of piperazine rings is 1. The lowest BCUT2D eigenvalue weighted by molar-refractivity contribution is -0.128. The van der Waals surface area contributed by atoms with E-state index in [-0.39, 0.29) is 24.8 Å². The monoisotopic (exact) mass is 606 g/mol. The molecule has 9 heteroatoms. The number of likely N-dealkylation sites (N-methyl/N-ethyl adjacent to an activating group) is 1. The SMILES string of the molecule is C=CC(=O)N1CCN(c2c(CC#N)c(OCC3CCCN3C)nc3cc(-c4cccc5c4SCCC5)ccc23)CC1CC#N. The van der Waals surface area contributed by atoms with Crippen LogP contribution in [0.15, 0.2) is 53.9 Å². The molecule has 0 spiro atoms. The predicted octanol–water partition coefficient (Wildman–Crippen LogP) is 5.60. The van der Waals surface area contributed by atoms with Crippen molar-refractivity contribution >= 4 is 34.3 Å². The lowest BCUT2D eigenvalue weighted by Gasteiger charge is -2.42. The summed E-state index contributed by atoms with van der Waals surface area (Å²) in [6.45, 7) is 6.72. The van der Waals surface area contributed by atoms with Gasteiger partial charge in [0, 0.05) is 36.0 Å². The number of carbonyl (C=O) groups excluding carboxylic acids is 1. The molecule has 1 amide bonds. The number of nitriles is 2. The standard InChI is InChI=1S/C35H38N6O2S/c1-3-32(42)41-19-18-40(22-26(41)13-15-36)33-29-12-11-25(28-10-4-7-24-8-6-20-44-34(24)28)21-31(29)38-35(30(33)14-16-37)43-23-27-9-5-17-39(27)2/h3-4,7,10-12,21,26-27H,1,5-6,8-9,13-14,17-20,22-23H2,2H3. The minimum absolute atomic E-state index is 0.146. The quantitative estimate of drug-likeness (QED) is 0.306. The van der Waals surface area contributed by atoms with Gasteiger partial charge >= 0.3 is 0 Å². The third kappa shape index (κ3) is 5.87. The smallest absolute Gasteiger partial charge is 0.246 e. The summed E-state index contributed by atoms with van der Waals surface area (Å²) in [5, 5.41) is 20.5. The summed E-state index contributed by atoms with van der Waals surface area (Å²) in [5.41, 5.74) is 6.22. The van der Waals surface area contributed by atoms with Crippen molar-refractivity contribution in [1.82, 2.24) is 14.8 Å². The molecule has 1 aromatic heterocycles. The molecule has 0 N–H and O–H groups in total. The Morgan fingerprint density at radius 3 is 2.82 bits per heavy atom. The second-order valence-corrected chi connectivity index (χ2v) is 12.9. The number of likely N-dealkylation sites (tertiary alicyclic amines) is 1. The van der Waals surface area contributed by atoms with Crippen LogP contribution in [0.25, 0.3) is 22.0 Å². The fourth-order valence-electron chi connectivity index (χ4n) is 6.88. The number of thioether (sulfide) groups is 1. The zero-order chi connectivity index (χ0) is 30.6. The number of carbonyl (C=O) groups is 1. The maximum atomic E-state index is 12.6. The van der Waals surface area contributed by atoms with E-state index < -0.39 is 0 Å². The van der Waals surface area contributed by atoms with Crippen molar-refractivity contribution in [3.8, 4) is 29.1 Å². The molecule has 2 atom stereocenters. The second-order valence-electron chi connectivity index (χ2n) is 11.8. The summed E-state index contributed by atoms with van der Waals surface area (Å²) in [7, 11) is 2.13. The van der Waals surface area contributed by atoms with Crippen molar-refractivity contribution in [1.29, 1.82) is 10.5 Å². The Labute approximate surface area is 263 Å². The number of fused-ring (bicyclic) bond motifs is 2. The molecule has 3 aromatic rings. The number of benzene rings is 2. The van der Waals surface area contributed by atoms with E-state index >= 15 is 0 Å². The first-order valence-corrected chi connectivity index (χ1v) is 16.5. The van der Waals surface area contributed by atoms with Gasteiger partial charge in [-0.25, -0.2) is 4.98 Å². The maximum Gasteiger partial charge on any atom is 0.246 e. The van der Waals surface area contributed by atoms with E-state index in [1.807, 2.05) is 11.8 Å². The van der Waals surface area contributed by atoms with Crippen LogP contribution in [0, 0.1) is 22.7 Å². The first-order valence-electron chi connectivity index (χ1n) is 15.5. The molecule has 2 aromatic carbocycles. The average Bonchev–Trinajstić information content (AvgIpc) is 3.47. The Balaban J connectivity index is 1.47. The van der Waals surface area contributed by atoms with E-state index in [0.29, 0.717) is 38.2 Å². The molecular weight excluding hydrogens is 568 g/mol. The number of aryl methyl sites for hydroxylation is 1. The van der Waals surface area contributed by atoms with E-state index in [0.717, 1.165) is 59.3 Å². The van der Waals surface area contributed by atoms with Gasteiger partial charge in [0.05, 0.1) is 47.8 Å². The number of hydrogen-bond acceptors (Lipinski definition) is 8. The van der Waals surface area contributed by atoms with Crippen molar-refractivity contribution < 1.29 is 9.53 Å². The predicted molar refractivity (Wildman–Crippen MR) is 175 cm³/mol. The van der Waals surface area contributed by atoms with Gasteiger partial charge in [0.15, 0.2) is 0 Å². The zero-order valence-corrected chi connectivity index (χ0v) is 26.1. The largest absolute Gasteiger partial charge is 0.476 e. The van der Waals surface area contributed by atoms with E-state index in [9.17, 15) is 15.3 Å². The molecule has 0 saturated carbocycles. The van der Waals surface area contributed by atoms with Crippen molar-refractivity contribution in [3.63, 3.8) is 0 Å². The molecule has 44 heavy (non-hydrogen) atoms. The summed E-state index contributed by atoms with van der Waals surface area (Å²) >= 11 is 1.93. The topological polar surface area (TPSA) is 96.5 Å². The number of hydrogen-bond donors (Lipinski definition) is 0. The van der Waals surface area contributed by atoms with E-state index in [2.05, 4.69) is 72.0 Å². The number of pyridine rings is 1. The molecule has 2 unspecified atom stereocenters. The highest BCUT2D eigenvalue weighted by Crippen LogP contribution is 2.42. The fourth-order valence-corrected chi connectivity index (χ4v) is 8.07. The highest BCUT2D eigenvalue weighted by molar-refractivity contribution is 7.99. The Hall–Kier alpha value is -4.05. The van der Waals surface area contributed by atoms with E-state index in [4.69, 9.17) is 9.72 Å². The summed E-state index contributed by atoms with van der Waals surface area (Å²) < 4.78 is 6.51. The van der Waals surface area contributed by atoms with Gasteiger partial charge in [-0.1, -0.05) is 36.9 Å². The first kappa shape index (κ1) is 30.0. The number of nitrogens with zero attached hydrogens (tertiary/aromatic N) is 6. The lowest BCUT2D eigenvalue weighted by atomic mass is 9.97. The summed E-state index contributed by atoms with van der Waals surface area (Å²) in [6, 6.07) is 17.6. The zero-order valence-electron chi connectivity index (χ0n) is 25.3. The number of amides is 1. The number of rotatable bonds is 8. The average molecular weight is 607 g/mol. The normalized spacial score (nSPS) is 20.2. The molecular formula is C35H38N6O2S. The lowest BCUT2D eigenvalue weighted by Crippen LogP contribution is -2.55. The van der Waals surface area contributed by atoms with Crippen LogP contribution in [-0.2, 0) is 17.6 Å². The van der Waals surface area contributed by atoms with Crippen LogP contribution in [0.3, 0.4) is 0 Å². The Bertz CT molecular complexity index is 1660. The van der Waals surface area contributed by atoms with Gasteiger partial charge in [0.2, 0.25) is 11.8 Å². The van der Waals surface area contributed by atoms with Gasteiger partial charge in [-0.15, -0.1) is 11.8 Å². The molecule has 0 bridgehead atoms.